The van der Waals surface area contributed by atoms with Crippen molar-refractivity contribution in [2.45, 2.75) is 25.9 Å². The average Bonchev–Trinajstić information content (AvgIpc) is 2.77. The first kappa shape index (κ1) is 12.9. The van der Waals surface area contributed by atoms with Crippen molar-refractivity contribution >= 4 is 5.91 Å². The van der Waals surface area contributed by atoms with Crippen LogP contribution in [-0.2, 0) is 11.3 Å². The van der Waals surface area contributed by atoms with E-state index in [1.807, 2.05) is 24.3 Å². The lowest BCUT2D eigenvalue weighted by atomic mass is 10.0. The fourth-order valence-electron chi connectivity index (χ4n) is 2.28. The van der Waals surface area contributed by atoms with Gasteiger partial charge in [-0.15, -0.1) is 0 Å². The Labute approximate surface area is 108 Å². The largest absolute Gasteiger partial charge is 0.497 e. The molecule has 98 valence electrons. The Morgan fingerprint density at radius 3 is 2.72 bits per heavy atom. The van der Waals surface area contributed by atoms with Crippen LogP contribution in [0.15, 0.2) is 24.3 Å². The van der Waals surface area contributed by atoms with Crippen LogP contribution < -0.4 is 15.4 Å². The van der Waals surface area contributed by atoms with Gasteiger partial charge < -0.3 is 15.4 Å². The summed E-state index contributed by atoms with van der Waals surface area (Å²) in [7, 11) is 1.65. The van der Waals surface area contributed by atoms with Crippen molar-refractivity contribution in [2.24, 2.45) is 5.92 Å². The molecule has 1 aromatic rings. The number of benzene rings is 1. The monoisotopic (exact) mass is 248 g/mol. The molecule has 0 bridgehead atoms. The summed E-state index contributed by atoms with van der Waals surface area (Å²) in [5, 5.41) is 6.24. The lowest BCUT2D eigenvalue weighted by molar-refractivity contribution is -0.121. The van der Waals surface area contributed by atoms with E-state index >= 15 is 0 Å². The van der Waals surface area contributed by atoms with Crippen molar-refractivity contribution in [1.29, 1.82) is 0 Å². The number of carbonyl (C=O) groups is 1. The molecule has 4 heteroatoms. The third-order valence-corrected chi connectivity index (χ3v) is 3.50. The molecule has 1 aliphatic rings. The predicted octanol–water partition coefficient (Wildman–Crippen LogP) is 1.31. The summed E-state index contributed by atoms with van der Waals surface area (Å²) in [4.78, 5) is 11.7. The first-order chi connectivity index (χ1) is 8.74. The minimum atomic E-state index is -0.0582. The van der Waals surface area contributed by atoms with Gasteiger partial charge in [-0.3, -0.25) is 4.79 Å². The predicted molar refractivity (Wildman–Crippen MR) is 70.4 cm³/mol. The van der Waals surface area contributed by atoms with Crippen LogP contribution in [0.3, 0.4) is 0 Å². The third-order valence-electron chi connectivity index (χ3n) is 3.50. The van der Waals surface area contributed by atoms with Crippen LogP contribution in [-0.4, -0.2) is 25.6 Å². The smallest absolute Gasteiger partial charge is 0.237 e. The number of methoxy groups -OCH3 is 1. The van der Waals surface area contributed by atoms with Gasteiger partial charge in [0.25, 0.3) is 0 Å². The fraction of sp³-hybridized carbons (Fsp3) is 0.500. The number of hydrogen-bond acceptors (Lipinski definition) is 3. The summed E-state index contributed by atoms with van der Waals surface area (Å²) in [6.07, 6.45) is 1.01. The highest BCUT2D eigenvalue weighted by atomic mass is 16.5. The molecule has 2 N–H and O–H groups in total. The van der Waals surface area contributed by atoms with Gasteiger partial charge in [-0.1, -0.05) is 19.1 Å². The maximum absolute atomic E-state index is 11.7. The maximum Gasteiger partial charge on any atom is 0.237 e. The topological polar surface area (TPSA) is 50.4 Å². The first-order valence-electron chi connectivity index (χ1n) is 6.38. The lowest BCUT2D eigenvalue weighted by Crippen LogP contribution is -2.39. The molecule has 0 aliphatic carbocycles. The van der Waals surface area contributed by atoms with E-state index in [4.69, 9.17) is 4.74 Å². The molecule has 18 heavy (non-hydrogen) atoms. The van der Waals surface area contributed by atoms with Gasteiger partial charge >= 0.3 is 0 Å². The summed E-state index contributed by atoms with van der Waals surface area (Å²) in [6, 6.07) is 7.84. The lowest BCUT2D eigenvalue weighted by Gasteiger charge is -2.16. The summed E-state index contributed by atoms with van der Waals surface area (Å²) >= 11 is 0. The molecule has 2 atom stereocenters. The number of amides is 1. The Bertz CT molecular complexity index is 403. The highest BCUT2D eigenvalue weighted by molar-refractivity contribution is 5.84. The number of carbonyl (C=O) groups excluding carboxylic acids is 1. The minimum absolute atomic E-state index is 0.0582. The van der Waals surface area contributed by atoms with Gasteiger partial charge in [0.05, 0.1) is 13.2 Å². The molecule has 1 amide bonds. The third kappa shape index (κ3) is 2.82. The number of nitrogens with one attached hydrogen (secondary N) is 2. The van der Waals surface area contributed by atoms with Crippen LogP contribution in [0.2, 0.25) is 0 Å². The highest BCUT2D eigenvalue weighted by Gasteiger charge is 2.32. The Balaban J connectivity index is 1.91. The standard InChI is InChI=1S/C14H20N2O2/c1-3-11-9-16-14(17)13(11)15-8-10-4-6-12(18-2)7-5-10/h4-7,11,13,15H,3,8-9H2,1-2H3,(H,16,17). The summed E-state index contributed by atoms with van der Waals surface area (Å²) in [6.45, 7) is 3.61. The Morgan fingerprint density at radius 1 is 1.39 bits per heavy atom. The summed E-state index contributed by atoms with van der Waals surface area (Å²) in [5.41, 5.74) is 1.16. The van der Waals surface area contributed by atoms with Crippen molar-refractivity contribution in [3.8, 4) is 5.75 Å². The van der Waals surface area contributed by atoms with Crippen LogP contribution in [0.5, 0.6) is 5.75 Å². The van der Waals surface area contributed by atoms with Crippen LogP contribution in [0.25, 0.3) is 0 Å². The van der Waals surface area contributed by atoms with Gasteiger partial charge in [-0.2, -0.15) is 0 Å². The van der Waals surface area contributed by atoms with E-state index in [1.54, 1.807) is 7.11 Å². The van der Waals surface area contributed by atoms with Gasteiger partial charge in [0.2, 0.25) is 5.91 Å². The van der Waals surface area contributed by atoms with E-state index in [9.17, 15) is 4.79 Å². The Morgan fingerprint density at radius 2 is 2.11 bits per heavy atom. The highest BCUT2D eigenvalue weighted by Crippen LogP contribution is 2.16. The van der Waals surface area contributed by atoms with E-state index < -0.39 is 0 Å². The molecule has 0 aromatic heterocycles. The van der Waals surface area contributed by atoms with Crippen LogP contribution in [0.4, 0.5) is 0 Å². The zero-order valence-corrected chi connectivity index (χ0v) is 10.9. The van der Waals surface area contributed by atoms with Crippen LogP contribution in [0.1, 0.15) is 18.9 Å². The van der Waals surface area contributed by atoms with Gasteiger partial charge in [-0.05, 0) is 24.1 Å². The molecule has 4 nitrogen and oxygen atoms in total. The molecule has 0 radical (unpaired) electrons. The van der Waals surface area contributed by atoms with Crippen LogP contribution in [0, 0.1) is 5.92 Å². The summed E-state index contributed by atoms with van der Waals surface area (Å²) in [5.74, 6) is 1.37. The summed E-state index contributed by atoms with van der Waals surface area (Å²) < 4.78 is 5.11. The van der Waals surface area contributed by atoms with Crippen LogP contribution >= 0.6 is 0 Å². The molecule has 0 saturated carbocycles. The fourth-order valence-corrected chi connectivity index (χ4v) is 2.28. The number of hydrogen-bond donors (Lipinski definition) is 2. The molecule has 2 rings (SSSR count). The first-order valence-corrected chi connectivity index (χ1v) is 6.38. The molecule has 1 heterocycles. The number of ether oxygens (including phenoxy) is 1. The minimum Gasteiger partial charge on any atom is -0.497 e. The normalized spacial score (nSPS) is 22.9. The SMILES string of the molecule is CCC1CNC(=O)C1NCc1ccc(OC)cc1. The van der Waals surface area contributed by atoms with Gasteiger partial charge in [0, 0.05) is 19.0 Å². The van der Waals surface area contributed by atoms with Gasteiger partial charge in [0.15, 0.2) is 0 Å². The zero-order valence-electron chi connectivity index (χ0n) is 10.9. The van der Waals surface area contributed by atoms with Crippen molar-refractivity contribution in [3.63, 3.8) is 0 Å². The van der Waals surface area contributed by atoms with E-state index in [2.05, 4.69) is 17.6 Å². The zero-order chi connectivity index (χ0) is 13.0. The average molecular weight is 248 g/mol. The molecular formula is C14H20N2O2. The second kappa shape index (κ2) is 5.87. The van der Waals surface area contributed by atoms with Gasteiger partial charge in [-0.25, -0.2) is 0 Å². The van der Waals surface area contributed by atoms with Crippen molar-refractivity contribution < 1.29 is 9.53 Å². The molecule has 1 fully saturated rings. The number of rotatable bonds is 5. The second-order valence-corrected chi connectivity index (χ2v) is 4.62. The molecule has 1 aliphatic heterocycles. The molecule has 1 aromatic carbocycles. The quantitative estimate of drug-likeness (QED) is 0.826. The van der Waals surface area contributed by atoms with E-state index in [0.717, 1.165) is 24.3 Å². The Hall–Kier alpha value is -1.55. The Kier molecular flexibility index (Phi) is 4.20. The van der Waals surface area contributed by atoms with E-state index in [0.29, 0.717) is 12.5 Å². The van der Waals surface area contributed by atoms with E-state index in [-0.39, 0.29) is 11.9 Å². The molecule has 1 saturated heterocycles. The molecular weight excluding hydrogens is 228 g/mol. The van der Waals surface area contributed by atoms with Crippen molar-refractivity contribution in [3.05, 3.63) is 29.8 Å². The van der Waals surface area contributed by atoms with Crippen molar-refractivity contribution in [1.82, 2.24) is 10.6 Å². The maximum atomic E-state index is 11.7. The molecule has 0 spiro atoms. The van der Waals surface area contributed by atoms with Crippen molar-refractivity contribution in [2.75, 3.05) is 13.7 Å². The van der Waals surface area contributed by atoms with Gasteiger partial charge in [0.1, 0.15) is 5.75 Å². The van der Waals surface area contributed by atoms with E-state index in [1.165, 1.54) is 0 Å². The molecule has 2 unspecified atom stereocenters. The second-order valence-electron chi connectivity index (χ2n) is 4.62.